The Morgan fingerprint density at radius 3 is 1.04 bits per heavy atom. The van der Waals surface area contributed by atoms with Crippen molar-refractivity contribution in [2.45, 2.75) is 116 Å². The van der Waals surface area contributed by atoms with Gasteiger partial charge in [-0.15, -0.1) is 0 Å². The van der Waals surface area contributed by atoms with E-state index in [9.17, 15) is 0 Å². The minimum absolute atomic E-state index is 0.644. The van der Waals surface area contributed by atoms with Gasteiger partial charge in [0.25, 0.3) is 0 Å². The second-order valence-corrected chi connectivity index (χ2v) is 10.5. The quantitative estimate of drug-likeness (QED) is 0.192. The molecular formula is C22H51NO3Si. The Bertz CT molecular complexity index is 242. The molecule has 0 radical (unpaired) electrons. The second kappa shape index (κ2) is 24.1. The van der Waals surface area contributed by atoms with Gasteiger partial charge in [-0.3, -0.25) is 0 Å². The van der Waals surface area contributed by atoms with Crippen LogP contribution in [0.3, 0.4) is 0 Å². The third kappa shape index (κ3) is 20.6. The highest BCUT2D eigenvalue weighted by molar-refractivity contribution is 6.60. The van der Waals surface area contributed by atoms with E-state index >= 15 is 0 Å². The average molecular weight is 406 g/mol. The number of hydrogen-bond donors (Lipinski definition) is 1. The van der Waals surface area contributed by atoms with E-state index in [4.69, 9.17) is 19.0 Å². The summed E-state index contributed by atoms with van der Waals surface area (Å²) >= 11 is 0. The zero-order valence-electron chi connectivity index (χ0n) is 19.3. The molecule has 0 rings (SSSR count). The van der Waals surface area contributed by atoms with Crippen molar-refractivity contribution in [3.05, 3.63) is 0 Å². The maximum Gasteiger partial charge on any atom is 0.500 e. The standard InChI is InChI=1S/C16H34.C6H17NO3Si/c1-3-5-7-9-11-13-15-16-14-12-10-8-6-4-2;1-8-11(9-2,10-3)6-4-5-7/h3-16H2,1-2H3;4-7H2,1-3H3. The first-order valence-electron chi connectivity index (χ1n) is 11.5. The highest BCUT2D eigenvalue weighted by atomic mass is 28.4. The van der Waals surface area contributed by atoms with Crippen molar-refractivity contribution < 1.29 is 13.3 Å². The molecule has 0 fully saturated rings. The lowest BCUT2D eigenvalue weighted by Gasteiger charge is -2.23. The summed E-state index contributed by atoms with van der Waals surface area (Å²) in [6, 6.07) is 0.785. The number of nitrogens with two attached hydrogens (primary N) is 1. The highest BCUT2D eigenvalue weighted by Crippen LogP contribution is 2.14. The maximum atomic E-state index is 5.36. The van der Waals surface area contributed by atoms with Gasteiger partial charge in [-0.05, 0) is 13.0 Å². The Kier molecular flexibility index (Phi) is 26.1. The Labute approximate surface area is 172 Å². The lowest BCUT2D eigenvalue weighted by Crippen LogP contribution is -2.42. The summed E-state index contributed by atoms with van der Waals surface area (Å²) in [6.07, 6.45) is 21.3. The van der Waals surface area contributed by atoms with Crippen molar-refractivity contribution in [2.24, 2.45) is 5.73 Å². The molecule has 4 nitrogen and oxygen atoms in total. The summed E-state index contributed by atoms with van der Waals surface area (Å²) in [5.41, 5.74) is 5.36. The molecule has 0 bridgehead atoms. The first kappa shape index (κ1) is 29.3. The van der Waals surface area contributed by atoms with Crippen LogP contribution in [0.1, 0.15) is 110 Å². The number of hydrogen-bond acceptors (Lipinski definition) is 4. The zero-order chi connectivity index (χ0) is 20.6. The van der Waals surface area contributed by atoms with Gasteiger partial charge in [-0.25, -0.2) is 0 Å². The molecule has 0 amide bonds. The third-order valence-electron chi connectivity index (χ3n) is 5.08. The first-order valence-corrected chi connectivity index (χ1v) is 13.4. The molecule has 0 heterocycles. The molecular weight excluding hydrogens is 354 g/mol. The van der Waals surface area contributed by atoms with E-state index in [-0.39, 0.29) is 0 Å². The highest BCUT2D eigenvalue weighted by Gasteiger charge is 2.36. The molecule has 0 aliphatic carbocycles. The Morgan fingerprint density at radius 2 is 0.815 bits per heavy atom. The Hall–Kier alpha value is 0.0569. The molecule has 0 aromatic heterocycles. The molecule has 0 saturated carbocycles. The lowest BCUT2D eigenvalue weighted by atomic mass is 10.0. The lowest BCUT2D eigenvalue weighted by molar-refractivity contribution is 0.123. The van der Waals surface area contributed by atoms with Gasteiger partial charge in [0.05, 0.1) is 0 Å². The van der Waals surface area contributed by atoms with Gasteiger partial charge in [0.15, 0.2) is 0 Å². The fraction of sp³-hybridized carbons (Fsp3) is 1.00. The van der Waals surface area contributed by atoms with Crippen molar-refractivity contribution in [1.82, 2.24) is 0 Å². The SMILES string of the molecule is CCCCCCCCCCCCCCCC.CO[Si](CCCN)(OC)OC. The van der Waals surface area contributed by atoms with E-state index in [1.165, 1.54) is 89.9 Å². The van der Waals surface area contributed by atoms with Gasteiger partial charge >= 0.3 is 8.80 Å². The summed E-state index contributed by atoms with van der Waals surface area (Å²) in [5, 5.41) is 0. The van der Waals surface area contributed by atoms with Crippen LogP contribution in [0, 0.1) is 0 Å². The third-order valence-corrected chi connectivity index (χ3v) is 7.91. The van der Waals surface area contributed by atoms with Crippen LogP contribution < -0.4 is 5.73 Å². The summed E-state index contributed by atoms with van der Waals surface area (Å²) < 4.78 is 15.5. The first-order chi connectivity index (χ1) is 13.2. The predicted octanol–water partition coefficient (Wildman–Crippen LogP) is 6.70. The maximum absolute atomic E-state index is 5.36. The topological polar surface area (TPSA) is 53.7 Å². The predicted molar refractivity (Wildman–Crippen MR) is 121 cm³/mol. The molecule has 0 spiro atoms. The molecule has 0 aromatic carbocycles. The number of rotatable bonds is 19. The average Bonchev–Trinajstić information content (AvgIpc) is 2.71. The summed E-state index contributed by atoms with van der Waals surface area (Å²) in [7, 11) is 2.50. The second-order valence-electron chi connectivity index (χ2n) is 7.43. The monoisotopic (exact) mass is 405 g/mol. The molecule has 166 valence electrons. The van der Waals surface area contributed by atoms with Crippen LogP contribution >= 0.6 is 0 Å². The molecule has 0 aliphatic rings. The van der Waals surface area contributed by atoms with E-state index in [0.29, 0.717) is 6.54 Å². The fourth-order valence-electron chi connectivity index (χ4n) is 3.14. The fourth-order valence-corrected chi connectivity index (χ4v) is 4.89. The van der Waals surface area contributed by atoms with Crippen molar-refractivity contribution in [3.63, 3.8) is 0 Å². The van der Waals surface area contributed by atoms with Crippen LogP contribution in [0.25, 0.3) is 0 Å². The van der Waals surface area contributed by atoms with Crippen LogP contribution in [0.5, 0.6) is 0 Å². The van der Waals surface area contributed by atoms with Gasteiger partial charge in [0.2, 0.25) is 0 Å². The molecule has 0 aliphatic heterocycles. The van der Waals surface area contributed by atoms with Gasteiger partial charge in [0, 0.05) is 27.4 Å². The van der Waals surface area contributed by atoms with Crippen molar-refractivity contribution in [1.29, 1.82) is 0 Å². The zero-order valence-corrected chi connectivity index (χ0v) is 20.3. The van der Waals surface area contributed by atoms with Gasteiger partial charge in [0.1, 0.15) is 0 Å². The number of unbranched alkanes of at least 4 members (excludes halogenated alkanes) is 13. The smallest absolute Gasteiger partial charge is 0.377 e. The van der Waals surface area contributed by atoms with Crippen LogP contribution in [-0.2, 0) is 13.3 Å². The Morgan fingerprint density at radius 1 is 0.519 bits per heavy atom. The van der Waals surface area contributed by atoms with E-state index in [2.05, 4.69) is 13.8 Å². The Balaban J connectivity index is 0. The summed E-state index contributed by atoms with van der Waals surface area (Å²) in [5.74, 6) is 0. The molecule has 0 saturated heterocycles. The summed E-state index contributed by atoms with van der Waals surface area (Å²) in [6.45, 7) is 5.22. The van der Waals surface area contributed by atoms with E-state index in [1.807, 2.05) is 0 Å². The molecule has 2 N–H and O–H groups in total. The van der Waals surface area contributed by atoms with Gasteiger partial charge in [-0.2, -0.15) is 0 Å². The van der Waals surface area contributed by atoms with Crippen LogP contribution in [0.15, 0.2) is 0 Å². The molecule has 5 heteroatoms. The van der Waals surface area contributed by atoms with Gasteiger partial charge < -0.3 is 19.0 Å². The largest absolute Gasteiger partial charge is 0.500 e. The summed E-state index contributed by atoms with van der Waals surface area (Å²) in [4.78, 5) is 0. The van der Waals surface area contributed by atoms with Crippen molar-refractivity contribution >= 4 is 8.80 Å². The minimum Gasteiger partial charge on any atom is -0.377 e. The molecule has 0 aromatic rings. The van der Waals surface area contributed by atoms with Crippen LogP contribution in [-0.4, -0.2) is 36.7 Å². The van der Waals surface area contributed by atoms with E-state index in [0.717, 1.165) is 12.5 Å². The van der Waals surface area contributed by atoms with E-state index < -0.39 is 8.80 Å². The van der Waals surface area contributed by atoms with Crippen molar-refractivity contribution in [2.75, 3.05) is 27.9 Å². The minimum atomic E-state index is -2.32. The van der Waals surface area contributed by atoms with Crippen LogP contribution in [0.4, 0.5) is 0 Å². The normalized spacial score (nSPS) is 11.3. The molecule has 27 heavy (non-hydrogen) atoms. The van der Waals surface area contributed by atoms with Crippen molar-refractivity contribution in [3.8, 4) is 0 Å². The van der Waals surface area contributed by atoms with E-state index in [1.54, 1.807) is 21.3 Å². The van der Waals surface area contributed by atoms with Crippen LogP contribution in [0.2, 0.25) is 6.04 Å². The molecule has 0 atom stereocenters. The van der Waals surface area contributed by atoms with Gasteiger partial charge in [-0.1, -0.05) is 104 Å². The molecule has 0 unspecified atom stereocenters.